The Balaban J connectivity index is 2.16. The smallest absolute Gasteiger partial charge is 0.183 e. The van der Waals surface area contributed by atoms with E-state index >= 15 is 0 Å². The fraction of sp³-hybridized carbons (Fsp3) is 0.250. The topological polar surface area (TPSA) is 34.1 Å². The highest BCUT2D eigenvalue weighted by atomic mass is 79.9. The molecule has 3 nitrogen and oxygen atoms in total. The van der Waals surface area contributed by atoms with Gasteiger partial charge in [-0.1, -0.05) is 27.3 Å². The van der Waals surface area contributed by atoms with Gasteiger partial charge in [0.25, 0.3) is 0 Å². The van der Waals surface area contributed by atoms with E-state index in [0.29, 0.717) is 18.7 Å². The van der Waals surface area contributed by atoms with Crippen molar-refractivity contribution in [1.82, 2.24) is 4.98 Å². The summed E-state index contributed by atoms with van der Waals surface area (Å²) in [5, 5.41) is 3.88. The first-order valence-electron chi connectivity index (χ1n) is 5.35. The number of halogens is 2. The zero-order valence-electron chi connectivity index (χ0n) is 9.74. The van der Waals surface area contributed by atoms with Crippen molar-refractivity contribution in [2.75, 3.05) is 25.6 Å². The molecule has 0 fully saturated rings. The molecule has 0 radical (unpaired) electrons. The standard InChI is InChI=1S/C12H12BrFN2OS/c1-17-5-4-15-12-16-7-11(18-12)9-6-8(13)2-3-10(9)14/h2-3,6-7H,4-5H2,1H3,(H,15,16). The Hall–Kier alpha value is -0.980. The average molecular weight is 331 g/mol. The van der Waals surface area contributed by atoms with Crippen LogP contribution in [0.5, 0.6) is 0 Å². The van der Waals surface area contributed by atoms with Crippen LogP contribution >= 0.6 is 27.3 Å². The molecule has 0 amide bonds. The number of anilines is 1. The van der Waals surface area contributed by atoms with Gasteiger partial charge in [0.15, 0.2) is 5.13 Å². The molecule has 2 rings (SSSR count). The van der Waals surface area contributed by atoms with Gasteiger partial charge in [0.2, 0.25) is 0 Å². The normalized spacial score (nSPS) is 10.6. The van der Waals surface area contributed by atoms with Crippen LogP contribution in [0.25, 0.3) is 10.4 Å². The van der Waals surface area contributed by atoms with Crippen LogP contribution in [0.3, 0.4) is 0 Å². The predicted octanol–water partition coefficient (Wildman–Crippen LogP) is 3.77. The lowest BCUT2D eigenvalue weighted by molar-refractivity contribution is 0.211. The summed E-state index contributed by atoms with van der Waals surface area (Å²) in [6.07, 6.45) is 1.67. The van der Waals surface area contributed by atoms with E-state index in [9.17, 15) is 4.39 Å². The van der Waals surface area contributed by atoms with Gasteiger partial charge in [0.1, 0.15) is 5.82 Å². The van der Waals surface area contributed by atoms with E-state index in [0.717, 1.165) is 14.5 Å². The summed E-state index contributed by atoms with van der Waals surface area (Å²) < 4.78 is 19.5. The summed E-state index contributed by atoms with van der Waals surface area (Å²) in [5.74, 6) is -0.245. The first-order valence-corrected chi connectivity index (χ1v) is 6.95. The van der Waals surface area contributed by atoms with Crippen molar-refractivity contribution < 1.29 is 9.13 Å². The van der Waals surface area contributed by atoms with E-state index in [2.05, 4.69) is 26.2 Å². The number of hydrogen-bond acceptors (Lipinski definition) is 4. The summed E-state index contributed by atoms with van der Waals surface area (Å²) in [5.41, 5.74) is 0.557. The van der Waals surface area contributed by atoms with Crippen molar-refractivity contribution in [3.8, 4) is 10.4 Å². The van der Waals surface area contributed by atoms with E-state index < -0.39 is 0 Å². The second kappa shape index (κ2) is 6.26. The molecule has 6 heteroatoms. The summed E-state index contributed by atoms with van der Waals surface area (Å²) >= 11 is 4.76. The molecule has 1 aromatic carbocycles. The van der Waals surface area contributed by atoms with Gasteiger partial charge in [-0.3, -0.25) is 0 Å². The average Bonchev–Trinajstić information content (AvgIpc) is 2.81. The first-order chi connectivity index (χ1) is 8.70. The Morgan fingerprint density at radius 1 is 1.50 bits per heavy atom. The molecular weight excluding hydrogens is 319 g/mol. The van der Waals surface area contributed by atoms with E-state index in [-0.39, 0.29) is 5.82 Å². The minimum absolute atomic E-state index is 0.245. The molecule has 1 heterocycles. The highest BCUT2D eigenvalue weighted by Gasteiger charge is 2.09. The molecule has 0 spiro atoms. The van der Waals surface area contributed by atoms with Crippen molar-refractivity contribution in [2.24, 2.45) is 0 Å². The summed E-state index contributed by atoms with van der Waals surface area (Å²) in [7, 11) is 1.64. The molecule has 0 aliphatic heterocycles. The van der Waals surface area contributed by atoms with Crippen LogP contribution in [0.1, 0.15) is 0 Å². The van der Waals surface area contributed by atoms with Gasteiger partial charge in [-0.25, -0.2) is 9.37 Å². The van der Waals surface area contributed by atoms with Gasteiger partial charge in [-0.15, -0.1) is 0 Å². The Kier molecular flexibility index (Phi) is 4.68. The second-order valence-corrected chi connectivity index (χ2v) is 5.52. The van der Waals surface area contributed by atoms with Crippen LogP contribution in [0.2, 0.25) is 0 Å². The number of methoxy groups -OCH3 is 1. The molecular formula is C12H12BrFN2OS. The molecule has 18 heavy (non-hydrogen) atoms. The summed E-state index contributed by atoms with van der Waals surface area (Å²) in [6.45, 7) is 1.30. The van der Waals surface area contributed by atoms with E-state index in [4.69, 9.17) is 4.74 Å². The maximum atomic E-state index is 13.7. The van der Waals surface area contributed by atoms with E-state index in [1.54, 1.807) is 25.4 Å². The quantitative estimate of drug-likeness (QED) is 0.847. The third-order valence-corrected chi connectivity index (χ3v) is 3.76. The lowest BCUT2D eigenvalue weighted by atomic mass is 10.2. The maximum absolute atomic E-state index is 13.7. The number of benzene rings is 1. The molecule has 96 valence electrons. The number of aromatic nitrogens is 1. The number of ether oxygens (including phenoxy) is 1. The zero-order valence-corrected chi connectivity index (χ0v) is 12.1. The van der Waals surface area contributed by atoms with Gasteiger partial charge in [0, 0.05) is 29.9 Å². The minimum Gasteiger partial charge on any atom is -0.383 e. The van der Waals surface area contributed by atoms with Crippen LogP contribution in [-0.4, -0.2) is 25.2 Å². The maximum Gasteiger partial charge on any atom is 0.183 e. The van der Waals surface area contributed by atoms with E-state index in [1.165, 1.54) is 17.4 Å². The fourth-order valence-corrected chi connectivity index (χ4v) is 2.65. The predicted molar refractivity (Wildman–Crippen MR) is 75.6 cm³/mol. The molecule has 0 aliphatic carbocycles. The molecule has 0 saturated carbocycles. The van der Waals surface area contributed by atoms with Crippen molar-refractivity contribution in [3.05, 3.63) is 34.7 Å². The molecule has 0 aliphatic rings. The number of nitrogens with zero attached hydrogens (tertiary/aromatic N) is 1. The molecule has 0 saturated heterocycles. The van der Waals surface area contributed by atoms with Crippen molar-refractivity contribution in [1.29, 1.82) is 0 Å². The second-order valence-electron chi connectivity index (χ2n) is 3.57. The van der Waals surface area contributed by atoms with Crippen molar-refractivity contribution >= 4 is 32.4 Å². The van der Waals surface area contributed by atoms with Crippen LogP contribution in [0, 0.1) is 5.82 Å². The Labute approximate surface area is 117 Å². The third-order valence-electron chi connectivity index (χ3n) is 2.28. The molecule has 0 atom stereocenters. The van der Waals surface area contributed by atoms with Crippen LogP contribution in [-0.2, 0) is 4.74 Å². The van der Waals surface area contributed by atoms with Crippen molar-refractivity contribution in [3.63, 3.8) is 0 Å². The van der Waals surface area contributed by atoms with Crippen LogP contribution < -0.4 is 5.32 Å². The van der Waals surface area contributed by atoms with E-state index in [1.807, 2.05) is 0 Å². The first kappa shape index (κ1) is 13.5. The SMILES string of the molecule is COCCNc1ncc(-c2cc(Br)ccc2F)s1. The monoisotopic (exact) mass is 330 g/mol. The van der Waals surface area contributed by atoms with Crippen LogP contribution in [0.4, 0.5) is 9.52 Å². The third kappa shape index (κ3) is 3.28. The molecule has 2 aromatic rings. The Morgan fingerprint density at radius 2 is 2.33 bits per heavy atom. The highest BCUT2D eigenvalue weighted by Crippen LogP contribution is 2.32. The largest absolute Gasteiger partial charge is 0.383 e. The van der Waals surface area contributed by atoms with Gasteiger partial charge in [-0.05, 0) is 18.2 Å². The van der Waals surface area contributed by atoms with Gasteiger partial charge in [-0.2, -0.15) is 0 Å². The number of nitrogens with one attached hydrogen (secondary N) is 1. The lowest BCUT2D eigenvalue weighted by Gasteiger charge is -2.01. The number of hydrogen-bond donors (Lipinski definition) is 1. The highest BCUT2D eigenvalue weighted by molar-refractivity contribution is 9.10. The van der Waals surface area contributed by atoms with Gasteiger partial charge < -0.3 is 10.1 Å². The number of thiazole rings is 1. The molecule has 1 aromatic heterocycles. The number of rotatable bonds is 5. The van der Waals surface area contributed by atoms with Gasteiger partial charge in [0.05, 0.1) is 11.5 Å². The van der Waals surface area contributed by atoms with Crippen molar-refractivity contribution in [2.45, 2.75) is 0 Å². The molecule has 0 unspecified atom stereocenters. The summed E-state index contributed by atoms with van der Waals surface area (Å²) in [4.78, 5) is 5.00. The lowest BCUT2D eigenvalue weighted by Crippen LogP contribution is -2.06. The molecule has 0 bridgehead atoms. The fourth-order valence-electron chi connectivity index (χ4n) is 1.43. The van der Waals surface area contributed by atoms with Gasteiger partial charge >= 0.3 is 0 Å². The van der Waals surface area contributed by atoms with Crippen LogP contribution in [0.15, 0.2) is 28.9 Å². The minimum atomic E-state index is -0.245. The Bertz CT molecular complexity index is 533. The Morgan fingerprint density at radius 3 is 3.11 bits per heavy atom. The summed E-state index contributed by atoms with van der Waals surface area (Å²) in [6, 6.07) is 4.87. The zero-order chi connectivity index (χ0) is 13.0. The molecule has 1 N–H and O–H groups in total.